The van der Waals surface area contributed by atoms with E-state index in [1.165, 1.54) is 0 Å². The first-order valence-corrected chi connectivity index (χ1v) is 7.31. The highest BCUT2D eigenvalue weighted by Gasteiger charge is 2.37. The lowest BCUT2D eigenvalue weighted by molar-refractivity contribution is 0.119. The number of hydrogen-bond donors (Lipinski definition) is 3. The molecule has 0 bridgehead atoms. The molecule has 96 valence electrons. The summed E-state index contributed by atoms with van der Waals surface area (Å²) >= 11 is 0. The highest BCUT2D eigenvalue weighted by atomic mass is 32.2. The minimum atomic E-state index is -3.49. The van der Waals surface area contributed by atoms with Crippen molar-refractivity contribution < 1.29 is 13.5 Å². The number of aliphatic hydroxyl groups excluding tert-OH is 1. The standard InChI is InChI=1S/C10H22N2O3S/c1-3-11-16(14,15)12-10(8-13)6-4-5-9(2)7-10/h9,11-13H,3-8H2,1-2H3. The summed E-state index contributed by atoms with van der Waals surface area (Å²) in [6.07, 6.45) is 3.47. The second-order valence-electron chi connectivity index (χ2n) is 4.74. The largest absolute Gasteiger partial charge is 0.394 e. The average molecular weight is 250 g/mol. The van der Waals surface area contributed by atoms with Gasteiger partial charge in [-0.2, -0.15) is 13.1 Å². The molecule has 6 heteroatoms. The van der Waals surface area contributed by atoms with E-state index in [9.17, 15) is 13.5 Å². The number of aliphatic hydroxyl groups is 1. The number of hydrogen-bond acceptors (Lipinski definition) is 3. The summed E-state index contributed by atoms with van der Waals surface area (Å²) in [5.41, 5.74) is -0.668. The third kappa shape index (κ3) is 3.69. The highest BCUT2D eigenvalue weighted by Crippen LogP contribution is 2.32. The zero-order valence-corrected chi connectivity index (χ0v) is 10.8. The zero-order valence-electron chi connectivity index (χ0n) is 9.99. The molecule has 3 N–H and O–H groups in total. The van der Waals surface area contributed by atoms with Gasteiger partial charge in [0, 0.05) is 6.54 Å². The third-order valence-corrected chi connectivity index (χ3v) is 4.45. The lowest BCUT2D eigenvalue weighted by Crippen LogP contribution is -2.56. The van der Waals surface area contributed by atoms with E-state index in [1.54, 1.807) is 6.92 Å². The molecule has 5 nitrogen and oxygen atoms in total. The molecule has 0 aromatic carbocycles. The van der Waals surface area contributed by atoms with Crippen molar-refractivity contribution in [3.63, 3.8) is 0 Å². The van der Waals surface area contributed by atoms with Gasteiger partial charge < -0.3 is 5.11 Å². The summed E-state index contributed by atoms with van der Waals surface area (Å²) in [7, 11) is -3.49. The smallest absolute Gasteiger partial charge is 0.277 e. The molecule has 0 aromatic rings. The van der Waals surface area contributed by atoms with Crippen LogP contribution in [0, 0.1) is 5.92 Å². The Bertz CT molecular complexity index is 318. The lowest BCUT2D eigenvalue weighted by Gasteiger charge is -2.38. The third-order valence-electron chi connectivity index (χ3n) is 3.08. The Morgan fingerprint density at radius 2 is 2.19 bits per heavy atom. The average Bonchev–Trinajstić information content (AvgIpc) is 2.16. The predicted octanol–water partition coefficient (Wildman–Crippen LogP) is 0.371. The van der Waals surface area contributed by atoms with E-state index in [0.717, 1.165) is 12.8 Å². The molecule has 0 radical (unpaired) electrons. The van der Waals surface area contributed by atoms with Crippen LogP contribution in [0.3, 0.4) is 0 Å². The Morgan fingerprint density at radius 1 is 1.50 bits per heavy atom. The van der Waals surface area contributed by atoms with Crippen LogP contribution in [-0.4, -0.2) is 32.2 Å². The van der Waals surface area contributed by atoms with Gasteiger partial charge in [0.1, 0.15) is 0 Å². The number of nitrogens with one attached hydrogen (secondary N) is 2. The molecule has 0 saturated heterocycles. The highest BCUT2D eigenvalue weighted by molar-refractivity contribution is 7.87. The fraction of sp³-hybridized carbons (Fsp3) is 1.00. The van der Waals surface area contributed by atoms with Gasteiger partial charge in [-0.3, -0.25) is 0 Å². The normalized spacial score (nSPS) is 31.6. The summed E-state index contributed by atoms with van der Waals surface area (Å²) in [6, 6.07) is 0. The van der Waals surface area contributed by atoms with Crippen LogP contribution in [0.1, 0.15) is 39.5 Å². The molecule has 0 spiro atoms. The molecule has 1 fully saturated rings. The maximum absolute atomic E-state index is 11.6. The van der Waals surface area contributed by atoms with Gasteiger partial charge in [-0.25, -0.2) is 4.72 Å². The van der Waals surface area contributed by atoms with E-state index < -0.39 is 15.7 Å². The van der Waals surface area contributed by atoms with Crippen LogP contribution < -0.4 is 9.44 Å². The van der Waals surface area contributed by atoms with Gasteiger partial charge in [0.25, 0.3) is 10.2 Å². The van der Waals surface area contributed by atoms with Crippen molar-refractivity contribution in [2.75, 3.05) is 13.2 Å². The Kier molecular flexibility index (Phi) is 4.73. The Balaban J connectivity index is 2.73. The summed E-state index contributed by atoms with van der Waals surface area (Å²) in [5.74, 6) is 0.449. The van der Waals surface area contributed by atoms with Gasteiger partial charge in [-0.05, 0) is 18.8 Å². The van der Waals surface area contributed by atoms with E-state index in [-0.39, 0.29) is 6.61 Å². The van der Waals surface area contributed by atoms with Crippen molar-refractivity contribution in [1.82, 2.24) is 9.44 Å². The van der Waals surface area contributed by atoms with Crippen LogP contribution in [0.15, 0.2) is 0 Å². The van der Waals surface area contributed by atoms with Crippen molar-refractivity contribution in [1.29, 1.82) is 0 Å². The van der Waals surface area contributed by atoms with Crippen molar-refractivity contribution in [2.45, 2.75) is 45.1 Å². The zero-order chi connectivity index (χ0) is 12.2. The van der Waals surface area contributed by atoms with Crippen molar-refractivity contribution >= 4 is 10.2 Å². The molecule has 0 aromatic heterocycles. The predicted molar refractivity (Wildman–Crippen MR) is 63.2 cm³/mol. The molecule has 1 rings (SSSR count). The Labute approximate surface area is 97.8 Å². The SMILES string of the molecule is CCNS(=O)(=O)NC1(CO)CCCC(C)C1. The number of rotatable bonds is 5. The van der Waals surface area contributed by atoms with Gasteiger partial charge in [0.2, 0.25) is 0 Å². The molecule has 16 heavy (non-hydrogen) atoms. The van der Waals surface area contributed by atoms with Crippen LogP contribution in [-0.2, 0) is 10.2 Å². The first-order valence-electron chi connectivity index (χ1n) is 5.82. The van der Waals surface area contributed by atoms with Crippen molar-refractivity contribution in [3.05, 3.63) is 0 Å². The summed E-state index contributed by atoms with van der Waals surface area (Å²) in [6.45, 7) is 4.04. The van der Waals surface area contributed by atoms with E-state index >= 15 is 0 Å². The lowest BCUT2D eigenvalue weighted by atomic mass is 9.78. The molecule has 1 saturated carbocycles. The minimum absolute atomic E-state index is 0.137. The van der Waals surface area contributed by atoms with Crippen molar-refractivity contribution in [2.24, 2.45) is 5.92 Å². The summed E-state index contributed by atoms with van der Waals surface area (Å²) < 4.78 is 28.3. The first kappa shape index (κ1) is 13.9. The fourth-order valence-corrected chi connectivity index (χ4v) is 3.71. The quantitative estimate of drug-likeness (QED) is 0.659. The maximum Gasteiger partial charge on any atom is 0.277 e. The molecule has 2 unspecified atom stereocenters. The minimum Gasteiger partial charge on any atom is -0.394 e. The molecule has 1 aliphatic rings. The second kappa shape index (κ2) is 5.44. The molecular formula is C10H22N2O3S. The van der Waals surface area contributed by atoms with Crippen LogP contribution in [0.25, 0.3) is 0 Å². The molecule has 1 aliphatic carbocycles. The molecule has 0 amide bonds. The van der Waals surface area contributed by atoms with Crippen LogP contribution in [0.2, 0.25) is 0 Å². The Hall–Kier alpha value is -0.170. The van der Waals surface area contributed by atoms with Gasteiger partial charge in [-0.15, -0.1) is 0 Å². The first-order chi connectivity index (χ1) is 7.43. The molecule has 0 aliphatic heterocycles. The van der Waals surface area contributed by atoms with Gasteiger partial charge in [-0.1, -0.05) is 26.7 Å². The van der Waals surface area contributed by atoms with Crippen LogP contribution in [0.4, 0.5) is 0 Å². The van der Waals surface area contributed by atoms with E-state index in [0.29, 0.717) is 25.3 Å². The monoisotopic (exact) mass is 250 g/mol. The molecule has 0 heterocycles. The van der Waals surface area contributed by atoms with Gasteiger partial charge in [0.05, 0.1) is 12.1 Å². The molecular weight excluding hydrogens is 228 g/mol. The summed E-state index contributed by atoms with van der Waals surface area (Å²) in [5, 5.41) is 9.44. The topological polar surface area (TPSA) is 78.4 Å². The van der Waals surface area contributed by atoms with E-state index in [1.807, 2.05) is 0 Å². The maximum atomic E-state index is 11.6. The summed E-state index contributed by atoms with van der Waals surface area (Å²) in [4.78, 5) is 0. The van der Waals surface area contributed by atoms with E-state index in [4.69, 9.17) is 0 Å². The Morgan fingerprint density at radius 3 is 2.69 bits per heavy atom. The van der Waals surface area contributed by atoms with Gasteiger partial charge >= 0.3 is 0 Å². The van der Waals surface area contributed by atoms with E-state index in [2.05, 4.69) is 16.4 Å². The fourth-order valence-electron chi connectivity index (χ4n) is 2.44. The van der Waals surface area contributed by atoms with Crippen LogP contribution >= 0.6 is 0 Å². The van der Waals surface area contributed by atoms with Crippen LogP contribution in [0.5, 0.6) is 0 Å². The van der Waals surface area contributed by atoms with Crippen molar-refractivity contribution in [3.8, 4) is 0 Å². The molecule has 2 atom stereocenters. The van der Waals surface area contributed by atoms with Gasteiger partial charge in [0.15, 0.2) is 0 Å². The second-order valence-corrected chi connectivity index (χ2v) is 6.24.